The number of unbranched alkanes of at least 4 members (excludes halogenated alkanes) is 1. The first-order chi connectivity index (χ1) is 12.1. The van der Waals surface area contributed by atoms with Gasteiger partial charge in [-0.15, -0.1) is 0 Å². The number of benzene rings is 2. The Balaban J connectivity index is 1.90. The quantitative estimate of drug-likeness (QED) is 0.720. The SMILES string of the molecule is CCCCNC(=O)[C@@H]1N=C(c2ccccc2Cl)[C@H]1c1ccc(Cl)cc1. The van der Waals surface area contributed by atoms with Gasteiger partial charge in [-0.3, -0.25) is 9.79 Å². The fourth-order valence-corrected chi connectivity index (χ4v) is 3.35. The Morgan fingerprint density at radius 3 is 2.52 bits per heavy atom. The van der Waals surface area contributed by atoms with Gasteiger partial charge < -0.3 is 5.32 Å². The second-order valence-corrected chi connectivity index (χ2v) is 6.96. The van der Waals surface area contributed by atoms with Crippen molar-refractivity contribution in [3.63, 3.8) is 0 Å². The van der Waals surface area contributed by atoms with E-state index in [2.05, 4.69) is 17.2 Å². The molecule has 0 unspecified atom stereocenters. The molecular weight excluding hydrogens is 355 g/mol. The molecule has 3 rings (SSSR count). The zero-order valence-corrected chi connectivity index (χ0v) is 15.5. The Morgan fingerprint density at radius 2 is 1.84 bits per heavy atom. The molecule has 5 heteroatoms. The molecule has 2 aromatic carbocycles. The lowest BCUT2D eigenvalue weighted by Gasteiger charge is -2.35. The van der Waals surface area contributed by atoms with Crippen molar-refractivity contribution in [3.05, 3.63) is 69.7 Å². The molecule has 0 saturated carbocycles. The minimum absolute atomic E-state index is 0.0378. The fraction of sp³-hybridized carbons (Fsp3) is 0.300. The predicted octanol–water partition coefficient (Wildman–Crippen LogP) is 4.86. The fourth-order valence-electron chi connectivity index (χ4n) is 2.99. The normalized spacial score (nSPS) is 19.1. The standard InChI is InChI=1S/C20H20Cl2N2O/c1-2-3-12-23-20(25)19-17(13-8-10-14(21)11-9-13)18(24-19)15-6-4-5-7-16(15)22/h4-11,17,19H,2-3,12H2,1H3,(H,23,25)/t17-,19-/m1/s1. The zero-order valence-electron chi connectivity index (χ0n) is 14.0. The summed E-state index contributed by atoms with van der Waals surface area (Å²) in [6.07, 6.45) is 2.00. The minimum atomic E-state index is -0.427. The van der Waals surface area contributed by atoms with Gasteiger partial charge in [-0.25, -0.2) is 0 Å². The van der Waals surface area contributed by atoms with Crippen LogP contribution in [0.4, 0.5) is 0 Å². The molecule has 0 fully saturated rings. The summed E-state index contributed by atoms with van der Waals surface area (Å²) >= 11 is 12.3. The van der Waals surface area contributed by atoms with Gasteiger partial charge in [0, 0.05) is 22.2 Å². The average Bonchev–Trinajstić information content (AvgIpc) is 2.58. The van der Waals surface area contributed by atoms with Crippen LogP contribution in [0.25, 0.3) is 0 Å². The Morgan fingerprint density at radius 1 is 1.12 bits per heavy atom. The predicted molar refractivity (Wildman–Crippen MR) is 104 cm³/mol. The Kier molecular flexibility index (Phi) is 5.77. The van der Waals surface area contributed by atoms with Crippen LogP contribution in [0.1, 0.15) is 36.8 Å². The van der Waals surface area contributed by atoms with Gasteiger partial charge in [0.15, 0.2) is 0 Å². The highest BCUT2D eigenvalue weighted by molar-refractivity contribution is 6.35. The van der Waals surface area contributed by atoms with E-state index >= 15 is 0 Å². The van der Waals surface area contributed by atoms with Gasteiger partial charge in [-0.1, -0.05) is 66.9 Å². The average molecular weight is 375 g/mol. The monoisotopic (exact) mass is 374 g/mol. The Hall–Kier alpha value is -1.84. The summed E-state index contributed by atoms with van der Waals surface area (Å²) < 4.78 is 0. The highest BCUT2D eigenvalue weighted by Crippen LogP contribution is 2.37. The lowest BCUT2D eigenvalue weighted by molar-refractivity contribution is -0.122. The molecule has 1 amide bonds. The molecule has 25 heavy (non-hydrogen) atoms. The van der Waals surface area contributed by atoms with E-state index in [1.165, 1.54) is 0 Å². The summed E-state index contributed by atoms with van der Waals surface area (Å²) in [6, 6.07) is 14.7. The number of hydrogen-bond donors (Lipinski definition) is 1. The van der Waals surface area contributed by atoms with Crippen molar-refractivity contribution in [1.82, 2.24) is 5.32 Å². The first-order valence-corrected chi connectivity index (χ1v) is 9.23. The van der Waals surface area contributed by atoms with E-state index in [0.29, 0.717) is 16.6 Å². The van der Waals surface area contributed by atoms with Crippen LogP contribution in [0.2, 0.25) is 10.0 Å². The number of nitrogens with one attached hydrogen (secondary N) is 1. The van der Waals surface area contributed by atoms with E-state index < -0.39 is 6.04 Å². The van der Waals surface area contributed by atoms with Crippen molar-refractivity contribution in [3.8, 4) is 0 Å². The number of carbonyl (C=O) groups is 1. The van der Waals surface area contributed by atoms with Crippen LogP contribution >= 0.6 is 23.2 Å². The van der Waals surface area contributed by atoms with E-state index in [4.69, 9.17) is 23.2 Å². The Bertz CT molecular complexity index is 787. The number of carbonyl (C=O) groups excluding carboxylic acids is 1. The zero-order chi connectivity index (χ0) is 17.8. The molecule has 0 aromatic heterocycles. The lowest BCUT2D eigenvalue weighted by atomic mass is 9.78. The van der Waals surface area contributed by atoms with Crippen molar-refractivity contribution < 1.29 is 4.79 Å². The van der Waals surface area contributed by atoms with E-state index in [1.54, 1.807) is 0 Å². The molecule has 2 aromatic rings. The number of nitrogens with zero attached hydrogens (tertiary/aromatic N) is 1. The third kappa shape index (κ3) is 3.88. The molecule has 0 radical (unpaired) electrons. The second kappa shape index (κ2) is 8.03. The number of hydrogen-bond acceptors (Lipinski definition) is 2. The van der Waals surface area contributed by atoms with E-state index in [1.807, 2.05) is 48.5 Å². The van der Waals surface area contributed by atoms with Gasteiger partial charge in [0.25, 0.3) is 0 Å². The maximum atomic E-state index is 12.5. The highest BCUT2D eigenvalue weighted by Gasteiger charge is 2.41. The third-order valence-corrected chi connectivity index (χ3v) is 4.95. The van der Waals surface area contributed by atoms with Crippen molar-refractivity contribution in [2.24, 2.45) is 4.99 Å². The molecular formula is C20H20Cl2N2O. The number of halogens is 2. The van der Waals surface area contributed by atoms with Crippen LogP contribution in [0, 0.1) is 0 Å². The summed E-state index contributed by atoms with van der Waals surface area (Å²) in [5, 5.41) is 4.29. The highest BCUT2D eigenvalue weighted by atomic mass is 35.5. The summed E-state index contributed by atoms with van der Waals surface area (Å²) in [6.45, 7) is 2.77. The van der Waals surface area contributed by atoms with Gasteiger partial charge in [0.05, 0.1) is 11.6 Å². The molecule has 0 bridgehead atoms. The van der Waals surface area contributed by atoms with Gasteiger partial charge in [-0.2, -0.15) is 0 Å². The number of rotatable bonds is 6. The largest absolute Gasteiger partial charge is 0.354 e. The minimum Gasteiger partial charge on any atom is -0.354 e. The molecule has 130 valence electrons. The molecule has 2 atom stereocenters. The van der Waals surface area contributed by atoms with Crippen LogP contribution < -0.4 is 5.32 Å². The molecule has 0 spiro atoms. The molecule has 1 heterocycles. The lowest BCUT2D eigenvalue weighted by Crippen LogP contribution is -2.47. The second-order valence-electron chi connectivity index (χ2n) is 6.11. The van der Waals surface area contributed by atoms with Crippen molar-refractivity contribution >= 4 is 34.8 Å². The van der Waals surface area contributed by atoms with Gasteiger partial charge in [0.1, 0.15) is 6.04 Å². The molecule has 0 aliphatic carbocycles. The Labute approximate surface area is 158 Å². The molecule has 3 nitrogen and oxygen atoms in total. The van der Waals surface area contributed by atoms with Crippen LogP contribution in [-0.4, -0.2) is 24.2 Å². The van der Waals surface area contributed by atoms with Gasteiger partial charge >= 0.3 is 0 Å². The maximum Gasteiger partial charge on any atom is 0.245 e. The van der Waals surface area contributed by atoms with Crippen molar-refractivity contribution in [1.29, 1.82) is 0 Å². The van der Waals surface area contributed by atoms with Gasteiger partial charge in [-0.05, 0) is 30.2 Å². The van der Waals surface area contributed by atoms with Crippen molar-refractivity contribution in [2.75, 3.05) is 6.54 Å². The van der Waals surface area contributed by atoms with Crippen LogP contribution in [0.15, 0.2) is 53.5 Å². The van der Waals surface area contributed by atoms with E-state index in [-0.39, 0.29) is 11.8 Å². The van der Waals surface area contributed by atoms with Gasteiger partial charge in [0.2, 0.25) is 5.91 Å². The van der Waals surface area contributed by atoms with Crippen LogP contribution in [0.3, 0.4) is 0 Å². The van der Waals surface area contributed by atoms with Crippen molar-refractivity contribution in [2.45, 2.75) is 31.7 Å². The summed E-state index contributed by atoms with van der Waals surface area (Å²) in [4.78, 5) is 17.1. The summed E-state index contributed by atoms with van der Waals surface area (Å²) in [5.41, 5.74) is 2.75. The number of amides is 1. The van der Waals surface area contributed by atoms with E-state index in [0.717, 1.165) is 29.7 Å². The summed E-state index contributed by atoms with van der Waals surface area (Å²) in [5.74, 6) is -0.150. The topological polar surface area (TPSA) is 41.5 Å². The summed E-state index contributed by atoms with van der Waals surface area (Å²) in [7, 11) is 0. The molecule has 1 N–H and O–H groups in total. The smallest absolute Gasteiger partial charge is 0.245 e. The first kappa shape index (κ1) is 18.0. The molecule has 0 saturated heterocycles. The molecule has 1 aliphatic heterocycles. The number of aliphatic imine (C=N–C) groups is 1. The van der Waals surface area contributed by atoms with E-state index in [9.17, 15) is 4.79 Å². The maximum absolute atomic E-state index is 12.5. The third-order valence-electron chi connectivity index (χ3n) is 4.37. The van der Waals surface area contributed by atoms with Crippen LogP contribution in [0.5, 0.6) is 0 Å². The van der Waals surface area contributed by atoms with Crippen LogP contribution in [-0.2, 0) is 4.79 Å². The first-order valence-electron chi connectivity index (χ1n) is 8.47. The molecule has 1 aliphatic rings.